The van der Waals surface area contributed by atoms with Crippen molar-refractivity contribution in [2.24, 2.45) is 0 Å². The first-order valence-corrected chi connectivity index (χ1v) is 8.03. The number of alkyl halides is 2. The number of nitrogens with one attached hydrogen (secondary N) is 1. The van der Waals surface area contributed by atoms with Gasteiger partial charge in [0.2, 0.25) is 0 Å². The Morgan fingerprint density at radius 3 is 2.64 bits per heavy atom. The van der Waals surface area contributed by atoms with Crippen LogP contribution in [0.4, 0.5) is 19.3 Å². The van der Waals surface area contributed by atoms with Gasteiger partial charge in [-0.25, -0.2) is 4.79 Å². The number of aryl methyl sites for hydroxylation is 2. The molecule has 0 aromatic heterocycles. The molecule has 1 N–H and O–H groups in total. The van der Waals surface area contributed by atoms with Crippen LogP contribution in [-0.2, 0) is 17.8 Å². The summed E-state index contributed by atoms with van der Waals surface area (Å²) in [7, 11) is 0. The minimum absolute atomic E-state index is 0.108. The second-order valence-electron chi connectivity index (χ2n) is 5.33. The Labute approximate surface area is 149 Å². The van der Waals surface area contributed by atoms with Crippen LogP contribution in [-0.4, -0.2) is 12.7 Å². The monoisotopic (exact) mass is 369 g/mol. The minimum Gasteiger partial charge on any atom is -0.489 e. The zero-order chi connectivity index (χ0) is 18.4. The fourth-order valence-electron chi connectivity index (χ4n) is 2.27. The lowest BCUT2D eigenvalue weighted by molar-refractivity contribution is -0.0766. The van der Waals surface area contributed by atoms with Gasteiger partial charge in [-0.05, 0) is 48.7 Å². The third kappa shape index (κ3) is 5.60. The summed E-state index contributed by atoms with van der Waals surface area (Å²) >= 11 is 5.97. The molecule has 0 heterocycles. The summed E-state index contributed by atoms with van der Waals surface area (Å²) in [5, 5.41) is 2.69. The Hall–Kier alpha value is -2.34. The molecule has 0 aliphatic rings. The lowest BCUT2D eigenvalue weighted by Crippen LogP contribution is -2.18. The van der Waals surface area contributed by atoms with Crippen LogP contribution in [0.25, 0.3) is 0 Å². The van der Waals surface area contributed by atoms with Crippen molar-refractivity contribution in [3.8, 4) is 5.75 Å². The van der Waals surface area contributed by atoms with Crippen LogP contribution < -0.4 is 10.1 Å². The number of carbonyl (C=O) groups is 1. The Balaban J connectivity index is 2.13. The average molecular weight is 370 g/mol. The fourth-order valence-corrected chi connectivity index (χ4v) is 2.47. The molecule has 0 aliphatic heterocycles. The Bertz CT molecular complexity index is 753. The molecule has 0 spiro atoms. The Kier molecular flexibility index (Phi) is 6.58. The summed E-state index contributed by atoms with van der Waals surface area (Å²) in [5.74, 6) is 0.693. The van der Waals surface area contributed by atoms with Crippen LogP contribution in [0.5, 0.6) is 5.75 Å². The maximum atomic E-state index is 12.1. The van der Waals surface area contributed by atoms with Gasteiger partial charge < -0.3 is 9.47 Å². The van der Waals surface area contributed by atoms with E-state index in [1.165, 1.54) is 17.7 Å². The molecule has 0 atom stereocenters. The van der Waals surface area contributed by atoms with Gasteiger partial charge in [0.15, 0.2) is 0 Å². The van der Waals surface area contributed by atoms with E-state index in [2.05, 4.69) is 17.0 Å². The molecule has 25 heavy (non-hydrogen) atoms. The number of amides is 1. The van der Waals surface area contributed by atoms with E-state index in [0.717, 1.165) is 12.0 Å². The first-order valence-electron chi connectivity index (χ1n) is 7.65. The molecular weight excluding hydrogens is 352 g/mol. The summed E-state index contributed by atoms with van der Waals surface area (Å²) in [6.45, 7) is 0.923. The van der Waals surface area contributed by atoms with Gasteiger partial charge in [0.25, 0.3) is 0 Å². The Morgan fingerprint density at radius 2 is 2.00 bits per heavy atom. The molecule has 134 valence electrons. The summed E-state index contributed by atoms with van der Waals surface area (Å²) in [5.41, 5.74) is 3.01. The van der Waals surface area contributed by atoms with Gasteiger partial charge in [0, 0.05) is 10.6 Å². The predicted octanol–water partition coefficient (Wildman–Crippen LogP) is 5.56. The van der Waals surface area contributed by atoms with Crippen LogP contribution >= 0.6 is 11.6 Å². The van der Waals surface area contributed by atoms with E-state index < -0.39 is 12.7 Å². The van der Waals surface area contributed by atoms with Gasteiger partial charge in [-0.2, -0.15) is 8.78 Å². The van der Waals surface area contributed by atoms with Crippen LogP contribution in [0.2, 0.25) is 5.02 Å². The fraction of sp³-hybridized carbons (Fsp3) is 0.278. The number of ether oxygens (including phenoxy) is 2. The van der Waals surface area contributed by atoms with Crippen molar-refractivity contribution < 1.29 is 23.0 Å². The summed E-state index contributed by atoms with van der Waals surface area (Å²) in [6, 6.07) is 10.5. The van der Waals surface area contributed by atoms with Crippen LogP contribution in [0.3, 0.4) is 0 Å². The number of hydrogen-bond acceptors (Lipinski definition) is 3. The number of halogens is 3. The third-order valence-corrected chi connectivity index (χ3v) is 3.77. The van der Waals surface area contributed by atoms with Crippen molar-refractivity contribution in [2.75, 3.05) is 5.32 Å². The van der Waals surface area contributed by atoms with Crippen LogP contribution in [0.1, 0.15) is 23.6 Å². The zero-order valence-corrected chi connectivity index (χ0v) is 14.6. The normalized spacial score (nSPS) is 10.6. The van der Waals surface area contributed by atoms with Gasteiger partial charge in [0.05, 0.1) is 5.69 Å². The van der Waals surface area contributed by atoms with E-state index in [9.17, 15) is 13.6 Å². The molecule has 0 radical (unpaired) electrons. The van der Waals surface area contributed by atoms with Crippen LogP contribution in [0, 0.1) is 6.92 Å². The topological polar surface area (TPSA) is 47.6 Å². The first kappa shape index (κ1) is 19.0. The van der Waals surface area contributed by atoms with Gasteiger partial charge >= 0.3 is 12.7 Å². The van der Waals surface area contributed by atoms with Gasteiger partial charge in [-0.3, -0.25) is 5.32 Å². The molecular formula is C18H18ClF2NO3. The second kappa shape index (κ2) is 8.67. The quantitative estimate of drug-likeness (QED) is 0.725. The SMILES string of the molecule is CCc1ccc(OCc2cc(Cl)ccc2NC(=O)OC(F)F)c(C)c1. The molecule has 0 aliphatic carbocycles. The molecule has 0 bridgehead atoms. The molecule has 0 fully saturated rings. The van der Waals surface area contributed by atoms with Gasteiger partial charge in [-0.15, -0.1) is 0 Å². The molecule has 7 heteroatoms. The van der Waals surface area contributed by atoms with Gasteiger partial charge in [0.1, 0.15) is 12.4 Å². The zero-order valence-electron chi connectivity index (χ0n) is 13.8. The molecule has 0 saturated carbocycles. The maximum Gasteiger partial charge on any atom is 0.416 e. The van der Waals surface area contributed by atoms with E-state index in [1.807, 2.05) is 25.1 Å². The maximum absolute atomic E-state index is 12.1. The average Bonchev–Trinajstić information content (AvgIpc) is 2.55. The highest BCUT2D eigenvalue weighted by Gasteiger charge is 2.13. The minimum atomic E-state index is -3.19. The lowest BCUT2D eigenvalue weighted by atomic mass is 10.1. The second-order valence-corrected chi connectivity index (χ2v) is 5.77. The third-order valence-electron chi connectivity index (χ3n) is 3.53. The molecule has 0 unspecified atom stereocenters. The number of anilines is 1. The van der Waals surface area contributed by atoms with Crippen molar-refractivity contribution in [1.82, 2.24) is 0 Å². The highest BCUT2D eigenvalue weighted by atomic mass is 35.5. The van der Waals surface area contributed by atoms with E-state index >= 15 is 0 Å². The standard InChI is InChI=1S/C18H18ClF2NO3/c1-3-12-4-7-16(11(2)8-12)24-10-13-9-14(19)5-6-15(13)22-18(23)25-17(20)21/h4-9,17H,3,10H2,1-2H3,(H,22,23). The summed E-state index contributed by atoms with van der Waals surface area (Å²) in [6.07, 6.45) is -0.322. The lowest BCUT2D eigenvalue weighted by Gasteiger charge is -2.14. The van der Waals surface area contributed by atoms with Crippen molar-refractivity contribution in [2.45, 2.75) is 33.5 Å². The highest BCUT2D eigenvalue weighted by molar-refractivity contribution is 6.30. The molecule has 1 amide bonds. The largest absolute Gasteiger partial charge is 0.489 e. The number of carbonyl (C=O) groups excluding carboxylic acids is 1. The van der Waals surface area contributed by atoms with E-state index in [4.69, 9.17) is 16.3 Å². The molecule has 0 saturated heterocycles. The highest BCUT2D eigenvalue weighted by Crippen LogP contribution is 2.25. The van der Waals surface area contributed by atoms with E-state index in [-0.39, 0.29) is 12.3 Å². The van der Waals surface area contributed by atoms with Crippen molar-refractivity contribution in [1.29, 1.82) is 0 Å². The summed E-state index contributed by atoms with van der Waals surface area (Å²) < 4.78 is 33.8. The number of benzene rings is 2. The van der Waals surface area contributed by atoms with Crippen LogP contribution in [0.15, 0.2) is 36.4 Å². The first-order chi connectivity index (χ1) is 11.9. The molecule has 2 aromatic carbocycles. The number of rotatable bonds is 6. The number of hydrogen-bond donors (Lipinski definition) is 1. The van der Waals surface area contributed by atoms with E-state index in [0.29, 0.717) is 16.3 Å². The molecule has 2 aromatic rings. The Morgan fingerprint density at radius 1 is 1.24 bits per heavy atom. The van der Waals surface area contributed by atoms with E-state index in [1.54, 1.807) is 6.07 Å². The molecule has 2 rings (SSSR count). The predicted molar refractivity (Wildman–Crippen MR) is 92.4 cm³/mol. The molecule has 4 nitrogen and oxygen atoms in total. The van der Waals surface area contributed by atoms with Crippen molar-refractivity contribution >= 4 is 23.4 Å². The summed E-state index contributed by atoms with van der Waals surface area (Å²) in [4.78, 5) is 11.4. The van der Waals surface area contributed by atoms with Crippen molar-refractivity contribution in [3.05, 3.63) is 58.1 Å². The smallest absolute Gasteiger partial charge is 0.416 e. The van der Waals surface area contributed by atoms with Crippen molar-refractivity contribution in [3.63, 3.8) is 0 Å². The van der Waals surface area contributed by atoms with Gasteiger partial charge in [-0.1, -0.05) is 30.7 Å².